The Bertz CT molecular complexity index is 1180. The van der Waals surface area contributed by atoms with Crippen molar-refractivity contribution in [3.8, 4) is 17.6 Å². The van der Waals surface area contributed by atoms with Crippen molar-refractivity contribution in [2.75, 3.05) is 5.43 Å². The van der Waals surface area contributed by atoms with E-state index in [1.807, 2.05) is 0 Å². The van der Waals surface area contributed by atoms with Crippen molar-refractivity contribution in [1.29, 1.82) is 5.26 Å². The molecule has 0 aliphatic rings. The number of nitrogens with zero attached hydrogens (tertiary/aromatic N) is 1. The average molecular weight is 439 g/mol. The second kappa shape index (κ2) is 9.22. The number of nitrogens with one attached hydrogen (secondary N) is 2. The maximum atomic E-state index is 13.2. The van der Waals surface area contributed by atoms with Crippen molar-refractivity contribution < 1.29 is 27.5 Å². The molecule has 9 heteroatoms. The van der Waals surface area contributed by atoms with Gasteiger partial charge in [-0.1, -0.05) is 0 Å². The summed E-state index contributed by atoms with van der Waals surface area (Å²) in [6, 6.07) is 17.1. The first kappa shape index (κ1) is 22.4. The fourth-order valence-electron chi connectivity index (χ4n) is 2.72. The molecule has 3 rings (SSSR count). The minimum Gasteiger partial charge on any atom is -0.457 e. The Hall–Kier alpha value is -4.32. The van der Waals surface area contributed by atoms with Gasteiger partial charge in [-0.2, -0.15) is 18.4 Å². The lowest BCUT2D eigenvalue weighted by atomic mass is 10.1. The predicted molar refractivity (Wildman–Crippen MR) is 110 cm³/mol. The van der Waals surface area contributed by atoms with Gasteiger partial charge >= 0.3 is 6.18 Å². The summed E-state index contributed by atoms with van der Waals surface area (Å²) in [7, 11) is 0. The summed E-state index contributed by atoms with van der Waals surface area (Å²) in [6.45, 7) is 1.46. The lowest BCUT2D eigenvalue weighted by Gasteiger charge is -2.15. The molecule has 0 radical (unpaired) electrons. The van der Waals surface area contributed by atoms with Crippen LogP contribution in [0.4, 0.5) is 18.9 Å². The van der Waals surface area contributed by atoms with Gasteiger partial charge in [0, 0.05) is 11.1 Å². The number of rotatable bonds is 6. The third kappa shape index (κ3) is 5.43. The molecule has 0 aromatic heterocycles. The van der Waals surface area contributed by atoms with Gasteiger partial charge < -0.3 is 4.74 Å². The molecule has 0 saturated heterocycles. The number of carbonyl (C=O) groups is 2. The van der Waals surface area contributed by atoms with E-state index in [4.69, 9.17) is 10.00 Å². The van der Waals surface area contributed by atoms with Gasteiger partial charge in [0.25, 0.3) is 5.91 Å². The SMILES string of the molecule is CC(=O)c1ccc(Oc2ccc(C(=O)NNc3ccc(C#N)cc3C(F)(F)F)cc2)cc1. The van der Waals surface area contributed by atoms with Crippen LogP contribution in [0.3, 0.4) is 0 Å². The highest BCUT2D eigenvalue weighted by molar-refractivity contribution is 5.95. The molecule has 3 aromatic carbocycles. The number of nitriles is 1. The molecule has 0 spiro atoms. The molecule has 32 heavy (non-hydrogen) atoms. The molecule has 1 amide bonds. The zero-order chi connectivity index (χ0) is 23.3. The lowest BCUT2D eigenvalue weighted by molar-refractivity contribution is -0.137. The fraction of sp³-hybridized carbons (Fsp3) is 0.0870. The van der Waals surface area contributed by atoms with Gasteiger partial charge in [-0.25, -0.2) is 0 Å². The molecular formula is C23H16F3N3O3. The van der Waals surface area contributed by atoms with Crippen LogP contribution < -0.4 is 15.6 Å². The maximum Gasteiger partial charge on any atom is 0.418 e. The Morgan fingerprint density at radius 2 is 1.47 bits per heavy atom. The summed E-state index contributed by atoms with van der Waals surface area (Å²) in [5, 5.41) is 8.80. The van der Waals surface area contributed by atoms with Gasteiger partial charge in [0.2, 0.25) is 0 Å². The number of hydrazine groups is 1. The summed E-state index contributed by atoms with van der Waals surface area (Å²) in [4.78, 5) is 23.6. The number of alkyl halides is 3. The molecule has 162 valence electrons. The first-order valence-corrected chi connectivity index (χ1v) is 9.24. The quantitative estimate of drug-likeness (QED) is 0.400. The Labute approximate surface area is 181 Å². The van der Waals surface area contributed by atoms with E-state index < -0.39 is 17.6 Å². The van der Waals surface area contributed by atoms with E-state index in [1.54, 1.807) is 30.3 Å². The van der Waals surface area contributed by atoms with E-state index in [0.717, 1.165) is 6.07 Å². The van der Waals surface area contributed by atoms with Crippen LogP contribution in [0.5, 0.6) is 11.5 Å². The second-order valence-electron chi connectivity index (χ2n) is 6.66. The number of amides is 1. The van der Waals surface area contributed by atoms with Crippen molar-refractivity contribution in [3.05, 3.63) is 89.0 Å². The van der Waals surface area contributed by atoms with Gasteiger partial charge in [0.15, 0.2) is 5.78 Å². The first-order chi connectivity index (χ1) is 15.2. The second-order valence-corrected chi connectivity index (χ2v) is 6.66. The molecule has 2 N–H and O–H groups in total. The minimum absolute atomic E-state index is 0.0658. The molecule has 0 bridgehead atoms. The molecular weight excluding hydrogens is 423 g/mol. The number of anilines is 1. The molecule has 0 atom stereocenters. The Kier molecular flexibility index (Phi) is 6.45. The van der Waals surface area contributed by atoms with Gasteiger partial charge in [0.05, 0.1) is 22.9 Å². The van der Waals surface area contributed by atoms with Gasteiger partial charge in [-0.05, 0) is 73.7 Å². The number of ketones is 1. The van der Waals surface area contributed by atoms with Crippen LogP contribution >= 0.6 is 0 Å². The molecule has 0 unspecified atom stereocenters. The molecule has 0 saturated carbocycles. The number of carbonyl (C=O) groups excluding carboxylic acids is 2. The van der Waals surface area contributed by atoms with Crippen molar-refractivity contribution in [3.63, 3.8) is 0 Å². The Balaban J connectivity index is 1.65. The molecule has 6 nitrogen and oxygen atoms in total. The average Bonchev–Trinajstić information content (AvgIpc) is 2.77. The smallest absolute Gasteiger partial charge is 0.418 e. The number of ether oxygens (including phenoxy) is 1. The van der Waals surface area contributed by atoms with Gasteiger partial charge in [-0.15, -0.1) is 0 Å². The number of halogens is 3. The Morgan fingerprint density at radius 1 is 0.906 bits per heavy atom. The zero-order valence-electron chi connectivity index (χ0n) is 16.7. The molecule has 0 heterocycles. The summed E-state index contributed by atoms with van der Waals surface area (Å²) >= 11 is 0. The van der Waals surface area contributed by atoms with Crippen LogP contribution in [0, 0.1) is 11.3 Å². The number of Topliss-reactive ketones (excluding diaryl/α,β-unsaturated/α-hetero) is 1. The molecule has 0 aliphatic carbocycles. The highest BCUT2D eigenvalue weighted by atomic mass is 19.4. The number of hydrogen-bond donors (Lipinski definition) is 2. The van der Waals surface area contributed by atoms with Crippen molar-refractivity contribution in [2.45, 2.75) is 13.1 Å². The van der Waals surface area contributed by atoms with E-state index in [1.165, 1.54) is 37.3 Å². The van der Waals surface area contributed by atoms with Crippen LogP contribution in [0.15, 0.2) is 66.7 Å². The van der Waals surface area contributed by atoms with Crippen molar-refractivity contribution >= 4 is 17.4 Å². The Morgan fingerprint density at radius 3 is 1.97 bits per heavy atom. The molecule has 3 aromatic rings. The summed E-state index contributed by atoms with van der Waals surface area (Å²) in [5.41, 5.74) is 3.57. The number of hydrogen-bond acceptors (Lipinski definition) is 5. The summed E-state index contributed by atoms with van der Waals surface area (Å²) < 4.78 is 45.3. The van der Waals surface area contributed by atoms with E-state index >= 15 is 0 Å². The zero-order valence-corrected chi connectivity index (χ0v) is 16.7. The van der Waals surface area contributed by atoms with Gasteiger partial charge in [0.1, 0.15) is 11.5 Å². The first-order valence-electron chi connectivity index (χ1n) is 9.24. The van der Waals surface area contributed by atoms with Gasteiger partial charge in [-0.3, -0.25) is 20.4 Å². The standard InChI is InChI=1S/C23H16F3N3O3/c1-14(30)16-3-7-18(8-4-16)32-19-9-5-17(6-10-19)22(31)29-28-21-11-2-15(13-27)12-20(21)23(24,25)26/h2-12,28H,1H3,(H,29,31). The normalized spacial score (nSPS) is 10.7. The topological polar surface area (TPSA) is 91.2 Å². The van der Waals surface area contributed by atoms with E-state index in [9.17, 15) is 22.8 Å². The molecule has 0 aliphatic heterocycles. The van der Waals surface area contributed by atoms with E-state index in [2.05, 4.69) is 10.9 Å². The van der Waals surface area contributed by atoms with E-state index in [0.29, 0.717) is 23.1 Å². The maximum absolute atomic E-state index is 13.2. The minimum atomic E-state index is -4.71. The lowest BCUT2D eigenvalue weighted by Crippen LogP contribution is -2.30. The fourth-order valence-corrected chi connectivity index (χ4v) is 2.72. The number of benzene rings is 3. The van der Waals surface area contributed by atoms with Crippen molar-refractivity contribution in [1.82, 2.24) is 5.43 Å². The van der Waals surface area contributed by atoms with Crippen LogP contribution in [-0.4, -0.2) is 11.7 Å². The third-order valence-corrected chi connectivity index (χ3v) is 4.38. The monoisotopic (exact) mass is 439 g/mol. The predicted octanol–water partition coefficient (Wildman–Crippen LogP) is 5.33. The highest BCUT2D eigenvalue weighted by Crippen LogP contribution is 2.35. The highest BCUT2D eigenvalue weighted by Gasteiger charge is 2.34. The van der Waals surface area contributed by atoms with Crippen molar-refractivity contribution in [2.24, 2.45) is 0 Å². The van der Waals surface area contributed by atoms with Crippen LogP contribution in [-0.2, 0) is 6.18 Å². The molecule has 0 fully saturated rings. The largest absolute Gasteiger partial charge is 0.457 e. The van der Waals surface area contributed by atoms with Crippen LogP contribution in [0.1, 0.15) is 38.8 Å². The third-order valence-electron chi connectivity index (χ3n) is 4.38. The van der Waals surface area contributed by atoms with E-state index in [-0.39, 0.29) is 22.6 Å². The summed E-state index contributed by atoms with van der Waals surface area (Å²) in [5.74, 6) is 0.189. The summed E-state index contributed by atoms with van der Waals surface area (Å²) in [6.07, 6.45) is -4.71. The van der Waals surface area contributed by atoms with Crippen LogP contribution in [0.25, 0.3) is 0 Å². The van der Waals surface area contributed by atoms with Crippen LogP contribution in [0.2, 0.25) is 0 Å².